The number of Topliss-reactive ketones (excluding diaryl/α,β-unsaturated/α-hetero) is 1. The van der Waals surface area contributed by atoms with Crippen molar-refractivity contribution in [3.05, 3.63) is 71.8 Å². The topological polar surface area (TPSA) is 43.4 Å². The molecule has 3 heteroatoms. The zero-order valence-corrected chi connectivity index (χ0v) is 13.7. The summed E-state index contributed by atoms with van der Waals surface area (Å²) >= 11 is 0. The molecule has 0 heterocycles. The molecule has 0 bridgehead atoms. The highest BCUT2D eigenvalue weighted by molar-refractivity contribution is 5.99. The molecule has 0 aliphatic heterocycles. The van der Waals surface area contributed by atoms with Crippen LogP contribution in [0.4, 0.5) is 0 Å². The zero-order valence-electron chi connectivity index (χ0n) is 13.7. The van der Waals surface area contributed by atoms with Gasteiger partial charge in [0.15, 0.2) is 0 Å². The van der Waals surface area contributed by atoms with E-state index in [9.17, 15) is 9.59 Å². The fourth-order valence-electron chi connectivity index (χ4n) is 2.74. The maximum Gasteiger partial charge on any atom is 0.317 e. The third kappa shape index (κ3) is 4.28. The van der Waals surface area contributed by atoms with Crippen molar-refractivity contribution in [2.45, 2.75) is 32.8 Å². The van der Waals surface area contributed by atoms with Crippen LogP contribution in [0.15, 0.2) is 60.7 Å². The molecule has 0 N–H and O–H groups in total. The van der Waals surface area contributed by atoms with E-state index in [4.69, 9.17) is 4.74 Å². The van der Waals surface area contributed by atoms with Crippen molar-refractivity contribution in [1.29, 1.82) is 0 Å². The molecule has 0 amide bonds. The van der Waals surface area contributed by atoms with Gasteiger partial charge < -0.3 is 4.74 Å². The van der Waals surface area contributed by atoms with E-state index in [0.29, 0.717) is 0 Å². The standard InChI is InChI=1S/C20H22O3/c1-14(2)23-20(22)18(15(3)21)19(16-10-6-4-7-11-16)17-12-8-5-9-13-17/h4-14,18-19H,1-3H3. The first-order chi connectivity index (χ1) is 11.0. The number of benzene rings is 2. The molecule has 1 atom stereocenters. The van der Waals surface area contributed by atoms with Crippen molar-refractivity contribution < 1.29 is 14.3 Å². The van der Waals surface area contributed by atoms with Crippen molar-refractivity contribution in [2.75, 3.05) is 0 Å². The van der Waals surface area contributed by atoms with Gasteiger partial charge >= 0.3 is 5.97 Å². The van der Waals surface area contributed by atoms with E-state index in [2.05, 4.69) is 0 Å². The molecule has 1 unspecified atom stereocenters. The van der Waals surface area contributed by atoms with E-state index < -0.39 is 11.9 Å². The van der Waals surface area contributed by atoms with Crippen LogP contribution in [0.3, 0.4) is 0 Å². The molecule has 0 aliphatic carbocycles. The van der Waals surface area contributed by atoms with Crippen LogP contribution >= 0.6 is 0 Å². The fourth-order valence-corrected chi connectivity index (χ4v) is 2.74. The van der Waals surface area contributed by atoms with Gasteiger partial charge in [0, 0.05) is 5.92 Å². The summed E-state index contributed by atoms with van der Waals surface area (Å²) in [6.45, 7) is 5.02. The molecular formula is C20H22O3. The number of rotatable bonds is 6. The normalized spacial score (nSPS) is 12.2. The predicted molar refractivity (Wildman–Crippen MR) is 90.1 cm³/mol. The largest absolute Gasteiger partial charge is 0.462 e. The quantitative estimate of drug-likeness (QED) is 0.599. The maximum absolute atomic E-state index is 12.5. The average molecular weight is 310 g/mol. The lowest BCUT2D eigenvalue weighted by atomic mass is 9.79. The SMILES string of the molecule is CC(=O)C(C(=O)OC(C)C)C(c1ccccc1)c1ccccc1. The molecule has 0 saturated heterocycles. The third-order valence-corrected chi connectivity index (χ3v) is 3.69. The van der Waals surface area contributed by atoms with E-state index in [1.807, 2.05) is 60.7 Å². The van der Waals surface area contributed by atoms with Gasteiger partial charge in [-0.2, -0.15) is 0 Å². The predicted octanol–water partition coefficient (Wildman–Crippen LogP) is 3.98. The summed E-state index contributed by atoms with van der Waals surface area (Å²) in [4.78, 5) is 24.8. The number of ketones is 1. The van der Waals surface area contributed by atoms with Crippen LogP contribution in [0.2, 0.25) is 0 Å². The van der Waals surface area contributed by atoms with Crippen molar-refractivity contribution in [3.63, 3.8) is 0 Å². The molecule has 0 spiro atoms. The second-order valence-corrected chi connectivity index (χ2v) is 5.87. The number of esters is 1. The van der Waals surface area contributed by atoms with Crippen LogP contribution in [-0.4, -0.2) is 17.9 Å². The van der Waals surface area contributed by atoms with Crippen LogP contribution in [0.25, 0.3) is 0 Å². The molecule has 0 radical (unpaired) electrons. The van der Waals surface area contributed by atoms with Crippen molar-refractivity contribution in [2.24, 2.45) is 5.92 Å². The van der Waals surface area contributed by atoms with Crippen molar-refractivity contribution >= 4 is 11.8 Å². The first-order valence-electron chi connectivity index (χ1n) is 7.81. The fraction of sp³-hybridized carbons (Fsp3) is 0.300. The Labute approximate surface area is 137 Å². The summed E-state index contributed by atoms with van der Waals surface area (Å²) in [7, 11) is 0. The number of carbonyl (C=O) groups is 2. The molecular weight excluding hydrogens is 288 g/mol. The summed E-state index contributed by atoms with van der Waals surface area (Å²) in [5, 5.41) is 0. The van der Waals surface area contributed by atoms with E-state index in [1.54, 1.807) is 13.8 Å². The second kappa shape index (κ2) is 7.73. The monoisotopic (exact) mass is 310 g/mol. The molecule has 3 nitrogen and oxygen atoms in total. The Morgan fingerprint density at radius 2 is 1.26 bits per heavy atom. The van der Waals surface area contributed by atoms with Crippen LogP contribution in [0.5, 0.6) is 0 Å². The lowest BCUT2D eigenvalue weighted by Crippen LogP contribution is -2.32. The van der Waals surface area contributed by atoms with Gasteiger partial charge in [-0.25, -0.2) is 0 Å². The first-order valence-corrected chi connectivity index (χ1v) is 7.81. The first kappa shape index (κ1) is 16.9. The molecule has 2 rings (SSSR count). The highest BCUT2D eigenvalue weighted by Crippen LogP contribution is 2.33. The Kier molecular flexibility index (Phi) is 5.69. The number of carbonyl (C=O) groups excluding carboxylic acids is 2. The third-order valence-electron chi connectivity index (χ3n) is 3.69. The van der Waals surface area contributed by atoms with Crippen LogP contribution in [0.1, 0.15) is 37.8 Å². The Morgan fingerprint density at radius 3 is 1.61 bits per heavy atom. The van der Waals surface area contributed by atoms with Crippen LogP contribution in [0, 0.1) is 5.92 Å². The molecule has 0 aliphatic rings. The molecule has 0 fully saturated rings. The molecule has 0 saturated carbocycles. The minimum absolute atomic E-state index is 0.187. The number of ether oxygens (including phenoxy) is 1. The number of hydrogen-bond acceptors (Lipinski definition) is 3. The van der Waals surface area contributed by atoms with Crippen LogP contribution in [-0.2, 0) is 14.3 Å². The zero-order chi connectivity index (χ0) is 16.8. The van der Waals surface area contributed by atoms with Gasteiger partial charge in [-0.15, -0.1) is 0 Å². The molecule has 2 aromatic carbocycles. The average Bonchev–Trinajstić information content (AvgIpc) is 2.53. The summed E-state index contributed by atoms with van der Waals surface area (Å²) in [6, 6.07) is 19.2. The summed E-state index contributed by atoms with van der Waals surface area (Å²) in [5.41, 5.74) is 1.86. The smallest absolute Gasteiger partial charge is 0.317 e. The van der Waals surface area contributed by atoms with E-state index in [0.717, 1.165) is 11.1 Å². The summed E-state index contributed by atoms with van der Waals surface area (Å²) < 4.78 is 5.34. The Morgan fingerprint density at radius 1 is 0.826 bits per heavy atom. The summed E-state index contributed by atoms with van der Waals surface area (Å²) in [6.07, 6.45) is -0.253. The molecule has 2 aromatic rings. The van der Waals surface area contributed by atoms with E-state index in [1.165, 1.54) is 6.92 Å². The Hall–Kier alpha value is -2.42. The minimum Gasteiger partial charge on any atom is -0.462 e. The van der Waals surface area contributed by atoms with Crippen molar-refractivity contribution in [3.8, 4) is 0 Å². The van der Waals surface area contributed by atoms with Gasteiger partial charge in [0.1, 0.15) is 11.7 Å². The lowest BCUT2D eigenvalue weighted by Gasteiger charge is -2.25. The minimum atomic E-state index is -0.845. The van der Waals surface area contributed by atoms with Gasteiger partial charge in [0.05, 0.1) is 6.10 Å². The van der Waals surface area contributed by atoms with Gasteiger partial charge in [-0.1, -0.05) is 60.7 Å². The van der Waals surface area contributed by atoms with E-state index >= 15 is 0 Å². The Balaban J connectivity index is 2.50. The molecule has 120 valence electrons. The maximum atomic E-state index is 12.5. The lowest BCUT2D eigenvalue weighted by molar-refractivity contribution is -0.155. The second-order valence-electron chi connectivity index (χ2n) is 5.87. The van der Waals surface area contributed by atoms with Gasteiger partial charge in [-0.3, -0.25) is 9.59 Å². The summed E-state index contributed by atoms with van der Waals surface area (Å²) in [5.74, 6) is -1.85. The highest BCUT2D eigenvalue weighted by atomic mass is 16.5. The van der Waals surface area contributed by atoms with Crippen LogP contribution < -0.4 is 0 Å². The van der Waals surface area contributed by atoms with Gasteiger partial charge in [-0.05, 0) is 31.9 Å². The molecule has 23 heavy (non-hydrogen) atoms. The van der Waals surface area contributed by atoms with E-state index in [-0.39, 0.29) is 17.8 Å². The number of hydrogen-bond donors (Lipinski definition) is 0. The Bertz CT molecular complexity index is 608. The highest BCUT2D eigenvalue weighted by Gasteiger charge is 2.36. The van der Waals surface area contributed by atoms with Crippen molar-refractivity contribution in [1.82, 2.24) is 0 Å². The van der Waals surface area contributed by atoms with Gasteiger partial charge in [0.2, 0.25) is 0 Å². The molecule has 0 aromatic heterocycles. The van der Waals surface area contributed by atoms with Gasteiger partial charge in [0.25, 0.3) is 0 Å².